The van der Waals surface area contributed by atoms with Crippen molar-refractivity contribution in [1.29, 1.82) is 0 Å². The van der Waals surface area contributed by atoms with E-state index in [0.717, 1.165) is 31.4 Å². The molecule has 1 atom stereocenters. The molecular weight excluding hydrogens is 152 g/mol. The summed E-state index contributed by atoms with van der Waals surface area (Å²) >= 11 is 0. The van der Waals surface area contributed by atoms with Crippen molar-refractivity contribution in [3.8, 4) is 0 Å². The van der Waals surface area contributed by atoms with Crippen molar-refractivity contribution in [3.05, 3.63) is 0 Å². The highest BCUT2D eigenvalue weighted by atomic mass is 16.7. The first-order valence-corrected chi connectivity index (χ1v) is 4.90. The molecule has 0 aliphatic carbocycles. The zero-order chi connectivity index (χ0) is 8.81. The van der Waals surface area contributed by atoms with Crippen molar-refractivity contribution in [2.24, 2.45) is 11.8 Å². The summed E-state index contributed by atoms with van der Waals surface area (Å²) in [6.45, 7) is 6.39. The predicted octanol–water partition coefficient (Wildman–Crippen LogP) is 1.47. The van der Waals surface area contributed by atoms with Gasteiger partial charge < -0.3 is 0 Å². The van der Waals surface area contributed by atoms with Gasteiger partial charge in [0.15, 0.2) is 0 Å². The second-order valence-corrected chi connectivity index (χ2v) is 3.83. The second-order valence-electron chi connectivity index (χ2n) is 3.83. The van der Waals surface area contributed by atoms with Gasteiger partial charge in [0, 0.05) is 6.54 Å². The SMILES string of the molecule is CC(C)C1CCCCONNC1. The third-order valence-electron chi connectivity index (χ3n) is 2.52. The lowest BCUT2D eigenvalue weighted by atomic mass is 9.91. The van der Waals surface area contributed by atoms with Gasteiger partial charge in [-0.05, 0) is 24.7 Å². The molecule has 0 aromatic carbocycles. The highest BCUT2D eigenvalue weighted by molar-refractivity contribution is 4.65. The molecule has 1 fully saturated rings. The van der Waals surface area contributed by atoms with Crippen molar-refractivity contribution in [3.63, 3.8) is 0 Å². The summed E-state index contributed by atoms with van der Waals surface area (Å²) < 4.78 is 0. The monoisotopic (exact) mass is 172 g/mol. The Morgan fingerprint density at radius 3 is 2.92 bits per heavy atom. The fourth-order valence-corrected chi connectivity index (χ4v) is 1.53. The van der Waals surface area contributed by atoms with Gasteiger partial charge in [0.1, 0.15) is 0 Å². The molecule has 1 rings (SSSR count). The van der Waals surface area contributed by atoms with Crippen LogP contribution in [-0.4, -0.2) is 13.2 Å². The van der Waals surface area contributed by atoms with Crippen LogP contribution in [-0.2, 0) is 4.84 Å². The first-order chi connectivity index (χ1) is 5.80. The molecule has 1 aliphatic heterocycles. The fraction of sp³-hybridized carbons (Fsp3) is 1.00. The van der Waals surface area contributed by atoms with E-state index < -0.39 is 0 Å². The summed E-state index contributed by atoms with van der Waals surface area (Å²) in [6.07, 6.45) is 3.76. The number of hydrazine groups is 1. The summed E-state index contributed by atoms with van der Waals surface area (Å²) in [5.41, 5.74) is 5.85. The average molecular weight is 172 g/mol. The van der Waals surface area contributed by atoms with Gasteiger partial charge in [-0.25, -0.2) is 5.43 Å². The molecule has 0 amide bonds. The van der Waals surface area contributed by atoms with Gasteiger partial charge in [-0.3, -0.25) is 4.84 Å². The molecule has 0 aromatic heterocycles. The number of hydrogen-bond acceptors (Lipinski definition) is 3. The van der Waals surface area contributed by atoms with Crippen LogP contribution in [0.1, 0.15) is 33.1 Å². The van der Waals surface area contributed by atoms with Gasteiger partial charge in [-0.2, -0.15) is 0 Å². The Labute approximate surface area is 74.8 Å². The van der Waals surface area contributed by atoms with Gasteiger partial charge in [0.2, 0.25) is 0 Å². The van der Waals surface area contributed by atoms with E-state index >= 15 is 0 Å². The molecule has 1 saturated heterocycles. The molecule has 1 aliphatic rings. The topological polar surface area (TPSA) is 33.3 Å². The van der Waals surface area contributed by atoms with Crippen LogP contribution in [0.15, 0.2) is 0 Å². The first-order valence-electron chi connectivity index (χ1n) is 4.90. The Bertz CT molecular complexity index is 107. The quantitative estimate of drug-likeness (QED) is 0.628. The Kier molecular flexibility index (Phi) is 4.58. The van der Waals surface area contributed by atoms with Crippen LogP contribution in [0.2, 0.25) is 0 Å². The molecule has 0 spiro atoms. The van der Waals surface area contributed by atoms with Crippen molar-refractivity contribution in [2.75, 3.05) is 13.2 Å². The number of hydrogen-bond donors (Lipinski definition) is 2. The maximum absolute atomic E-state index is 5.12. The molecule has 0 bridgehead atoms. The van der Waals surface area contributed by atoms with Gasteiger partial charge in [0.25, 0.3) is 0 Å². The zero-order valence-electron chi connectivity index (χ0n) is 8.10. The standard InChI is InChI=1S/C9H20N2O/c1-8(2)9-5-3-4-6-12-11-10-7-9/h8-11H,3-7H2,1-2H3. The third kappa shape index (κ3) is 3.52. The van der Waals surface area contributed by atoms with E-state index in [1.165, 1.54) is 12.8 Å². The normalized spacial score (nSPS) is 27.8. The lowest BCUT2D eigenvalue weighted by Gasteiger charge is -2.19. The number of nitrogens with one attached hydrogen (secondary N) is 2. The molecule has 72 valence electrons. The van der Waals surface area contributed by atoms with Crippen LogP contribution in [0.5, 0.6) is 0 Å². The predicted molar refractivity (Wildman–Crippen MR) is 49.3 cm³/mol. The largest absolute Gasteiger partial charge is 0.287 e. The van der Waals surface area contributed by atoms with E-state index in [-0.39, 0.29) is 0 Å². The molecule has 12 heavy (non-hydrogen) atoms. The minimum absolute atomic E-state index is 0.761. The fourth-order valence-electron chi connectivity index (χ4n) is 1.53. The third-order valence-corrected chi connectivity index (χ3v) is 2.52. The zero-order valence-corrected chi connectivity index (χ0v) is 8.10. The maximum Gasteiger partial charge on any atom is 0.0698 e. The summed E-state index contributed by atoms with van der Waals surface area (Å²) in [7, 11) is 0. The van der Waals surface area contributed by atoms with E-state index in [0.29, 0.717) is 0 Å². The van der Waals surface area contributed by atoms with Gasteiger partial charge >= 0.3 is 0 Å². The second kappa shape index (κ2) is 5.51. The van der Waals surface area contributed by atoms with E-state index in [9.17, 15) is 0 Å². The molecule has 3 nitrogen and oxygen atoms in total. The highest BCUT2D eigenvalue weighted by Gasteiger charge is 2.13. The van der Waals surface area contributed by atoms with E-state index in [2.05, 4.69) is 24.9 Å². The number of rotatable bonds is 1. The van der Waals surface area contributed by atoms with Crippen LogP contribution in [0.4, 0.5) is 0 Å². The van der Waals surface area contributed by atoms with Crippen molar-refractivity contribution in [2.45, 2.75) is 33.1 Å². The summed E-state index contributed by atoms with van der Waals surface area (Å²) in [5, 5.41) is 0. The Morgan fingerprint density at radius 2 is 2.17 bits per heavy atom. The van der Waals surface area contributed by atoms with E-state index in [1.54, 1.807) is 0 Å². The van der Waals surface area contributed by atoms with Crippen molar-refractivity contribution >= 4 is 0 Å². The van der Waals surface area contributed by atoms with E-state index in [4.69, 9.17) is 4.84 Å². The van der Waals surface area contributed by atoms with E-state index in [1.807, 2.05) is 0 Å². The van der Waals surface area contributed by atoms with Crippen LogP contribution >= 0.6 is 0 Å². The van der Waals surface area contributed by atoms with Crippen LogP contribution < -0.4 is 11.0 Å². The molecule has 0 saturated carbocycles. The van der Waals surface area contributed by atoms with Crippen molar-refractivity contribution < 1.29 is 4.84 Å². The highest BCUT2D eigenvalue weighted by Crippen LogP contribution is 2.17. The Hall–Kier alpha value is -0.120. The molecule has 0 aromatic rings. The first kappa shape index (κ1) is 9.96. The summed E-state index contributed by atoms with van der Waals surface area (Å²) in [6, 6.07) is 0. The van der Waals surface area contributed by atoms with Gasteiger partial charge in [-0.1, -0.05) is 20.3 Å². The maximum atomic E-state index is 5.12. The smallest absolute Gasteiger partial charge is 0.0698 e. The van der Waals surface area contributed by atoms with Crippen LogP contribution in [0.25, 0.3) is 0 Å². The summed E-state index contributed by atoms with van der Waals surface area (Å²) in [5.74, 6) is 1.54. The van der Waals surface area contributed by atoms with Gasteiger partial charge in [0.05, 0.1) is 6.61 Å². The lowest BCUT2D eigenvalue weighted by molar-refractivity contribution is 0.0103. The molecule has 0 radical (unpaired) electrons. The molecule has 1 heterocycles. The van der Waals surface area contributed by atoms with Crippen LogP contribution in [0.3, 0.4) is 0 Å². The average Bonchev–Trinajstić information content (AvgIpc) is 2.15. The molecule has 2 N–H and O–H groups in total. The van der Waals surface area contributed by atoms with Crippen LogP contribution in [0, 0.1) is 11.8 Å². The molecular formula is C9H20N2O. The Balaban J connectivity index is 2.28. The van der Waals surface area contributed by atoms with Gasteiger partial charge in [-0.15, -0.1) is 5.59 Å². The lowest BCUT2D eigenvalue weighted by Crippen LogP contribution is -2.36. The molecule has 1 unspecified atom stereocenters. The minimum atomic E-state index is 0.761. The minimum Gasteiger partial charge on any atom is -0.287 e. The Morgan fingerprint density at radius 1 is 1.33 bits per heavy atom. The molecule has 3 heteroatoms. The summed E-state index contributed by atoms with van der Waals surface area (Å²) in [4.78, 5) is 5.12. The van der Waals surface area contributed by atoms with Crippen molar-refractivity contribution in [1.82, 2.24) is 11.0 Å².